The number of aromatic amines is 1. The molecule has 9 nitrogen and oxygen atoms in total. The van der Waals surface area contributed by atoms with Crippen molar-refractivity contribution in [3.63, 3.8) is 0 Å². The molecule has 0 amide bonds. The molecule has 1 aromatic carbocycles. The number of fused-ring (bicyclic) bond motifs is 1. The lowest BCUT2D eigenvalue weighted by Crippen LogP contribution is -2.35. The molecule has 5 rings (SSSR count). The first-order chi connectivity index (χ1) is 17.5. The van der Waals surface area contributed by atoms with Gasteiger partial charge in [0.15, 0.2) is 0 Å². The minimum atomic E-state index is -0.204. The van der Waals surface area contributed by atoms with Crippen molar-refractivity contribution in [2.24, 2.45) is 0 Å². The Morgan fingerprint density at radius 1 is 1.08 bits per heavy atom. The fraction of sp³-hybridized carbons (Fsp3) is 0.333. The number of anilines is 3. The van der Waals surface area contributed by atoms with Gasteiger partial charge in [0.2, 0.25) is 5.95 Å². The molecule has 1 aliphatic rings. The number of nitrogens with one attached hydrogen (secondary N) is 2. The van der Waals surface area contributed by atoms with Crippen LogP contribution < -0.4 is 16.6 Å². The highest BCUT2D eigenvalue weighted by Crippen LogP contribution is 2.31. The number of ether oxygens (including phenoxy) is 1. The number of likely N-dealkylation sites (tertiary alicyclic amines) is 1. The Morgan fingerprint density at radius 3 is 2.56 bits per heavy atom. The summed E-state index contributed by atoms with van der Waals surface area (Å²) >= 11 is 0. The topological polar surface area (TPSA) is 122 Å². The van der Waals surface area contributed by atoms with Crippen LogP contribution in [0.15, 0.2) is 53.5 Å². The van der Waals surface area contributed by atoms with Crippen molar-refractivity contribution < 1.29 is 4.74 Å². The Hall–Kier alpha value is -3.82. The van der Waals surface area contributed by atoms with E-state index in [1.165, 1.54) is 5.56 Å². The summed E-state index contributed by atoms with van der Waals surface area (Å²) in [6.45, 7) is 5.81. The zero-order chi connectivity index (χ0) is 25.1. The highest BCUT2D eigenvalue weighted by Gasteiger charge is 2.20. The Labute approximate surface area is 209 Å². The van der Waals surface area contributed by atoms with E-state index in [4.69, 9.17) is 15.5 Å². The number of benzene rings is 1. The number of aryl methyl sites for hydroxylation is 1. The Bertz CT molecular complexity index is 1390. The smallest absolute Gasteiger partial charge is 0.259 e. The summed E-state index contributed by atoms with van der Waals surface area (Å²) in [5.74, 6) is 1.21. The lowest BCUT2D eigenvalue weighted by Gasteiger charge is -2.32. The van der Waals surface area contributed by atoms with Crippen molar-refractivity contribution in [2.45, 2.75) is 25.7 Å². The standard InChI is InChI=1S/C27H31N7O2/c1-17-15-22(33-27(28)30-17)23-16-20-7-10-29-26(35)24(20)25(32-23)31-21-5-3-18(4-6-21)19-8-11-34(12-9-19)13-14-36-2/h3-7,10,15-16,19H,8-9,11-14H2,1-2H3,(H,29,35)(H,31,32)(H2,28,30,33). The van der Waals surface area contributed by atoms with Crippen molar-refractivity contribution >= 4 is 28.2 Å². The molecule has 36 heavy (non-hydrogen) atoms. The number of nitrogen functional groups attached to an aromatic ring is 1. The number of pyridine rings is 2. The number of methoxy groups -OCH3 is 1. The second-order valence-corrected chi connectivity index (χ2v) is 9.24. The van der Waals surface area contributed by atoms with Gasteiger partial charge in [-0.25, -0.2) is 15.0 Å². The fourth-order valence-electron chi connectivity index (χ4n) is 4.84. The second-order valence-electron chi connectivity index (χ2n) is 9.24. The lowest BCUT2D eigenvalue weighted by molar-refractivity contribution is 0.130. The molecule has 0 radical (unpaired) electrons. The highest BCUT2D eigenvalue weighted by molar-refractivity contribution is 5.94. The maximum Gasteiger partial charge on any atom is 0.259 e. The van der Waals surface area contributed by atoms with Crippen LogP contribution >= 0.6 is 0 Å². The van der Waals surface area contributed by atoms with E-state index in [1.807, 2.05) is 25.1 Å². The van der Waals surface area contributed by atoms with Crippen LogP contribution in [-0.2, 0) is 4.74 Å². The number of hydrogen-bond donors (Lipinski definition) is 3. The Kier molecular flexibility index (Phi) is 6.92. The summed E-state index contributed by atoms with van der Waals surface area (Å²) in [6.07, 6.45) is 3.91. The number of nitrogens with zero attached hydrogens (tertiary/aromatic N) is 4. The third kappa shape index (κ3) is 5.22. The van der Waals surface area contributed by atoms with Crippen molar-refractivity contribution in [1.29, 1.82) is 0 Å². The van der Waals surface area contributed by atoms with Crippen LogP contribution in [0.1, 0.15) is 30.0 Å². The number of aromatic nitrogens is 4. The predicted octanol–water partition coefficient (Wildman–Crippen LogP) is 3.84. The normalized spacial score (nSPS) is 14.8. The molecule has 0 bridgehead atoms. The fourth-order valence-corrected chi connectivity index (χ4v) is 4.84. The van der Waals surface area contributed by atoms with Gasteiger partial charge in [-0.2, -0.15) is 0 Å². The predicted molar refractivity (Wildman–Crippen MR) is 143 cm³/mol. The molecule has 3 aromatic heterocycles. The molecule has 4 N–H and O–H groups in total. The molecular weight excluding hydrogens is 454 g/mol. The van der Waals surface area contributed by atoms with Crippen LogP contribution in [0.4, 0.5) is 17.5 Å². The molecule has 4 heterocycles. The van der Waals surface area contributed by atoms with E-state index in [0.29, 0.717) is 28.5 Å². The minimum Gasteiger partial charge on any atom is -0.383 e. The molecule has 0 aliphatic carbocycles. The van der Waals surface area contributed by atoms with Gasteiger partial charge >= 0.3 is 0 Å². The first-order valence-electron chi connectivity index (χ1n) is 12.2. The van der Waals surface area contributed by atoms with Gasteiger partial charge in [0, 0.05) is 31.2 Å². The molecule has 1 aliphatic heterocycles. The molecule has 9 heteroatoms. The molecule has 1 fully saturated rings. The average Bonchev–Trinajstić information content (AvgIpc) is 2.87. The number of piperidine rings is 1. The first-order valence-corrected chi connectivity index (χ1v) is 12.2. The monoisotopic (exact) mass is 485 g/mol. The maximum atomic E-state index is 12.7. The number of hydrogen-bond acceptors (Lipinski definition) is 8. The summed E-state index contributed by atoms with van der Waals surface area (Å²) in [5, 5.41) is 4.61. The molecule has 0 saturated carbocycles. The van der Waals surface area contributed by atoms with E-state index in [2.05, 4.69) is 49.4 Å². The van der Waals surface area contributed by atoms with Crippen molar-refractivity contribution in [3.8, 4) is 11.4 Å². The average molecular weight is 486 g/mol. The van der Waals surface area contributed by atoms with Crippen LogP contribution in [0.5, 0.6) is 0 Å². The van der Waals surface area contributed by atoms with Gasteiger partial charge < -0.3 is 25.7 Å². The van der Waals surface area contributed by atoms with E-state index in [0.717, 1.165) is 55.9 Å². The molecule has 0 atom stereocenters. The Balaban J connectivity index is 1.40. The lowest BCUT2D eigenvalue weighted by atomic mass is 9.89. The molecule has 0 unspecified atom stereocenters. The quantitative estimate of drug-likeness (QED) is 0.361. The van der Waals surface area contributed by atoms with Gasteiger partial charge in [-0.3, -0.25) is 4.79 Å². The van der Waals surface area contributed by atoms with Gasteiger partial charge in [0.1, 0.15) is 5.82 Å². The summed E-state index contributed by atoms with van der Waals surface area (Å²) in [4.78, 5) is 31.2. The van der Waals surface area contributed by atoms with Gasteiger partial charge in [-0.15, -0.1) is 0 Å². The number of nitrogens with two attached hydrogens (primary N) is 1. The summed E-state index contributed by atoms with van der Waals surface area (Å²) < 4.78 is 5.21. The van der Waals surface area contributed by atoms with Crippen LogP contribution in [-0.4, -0.2) is 58.2 Å². The number of H-pyrrole nitrogens is 1. The van der Waals surface area contributed by atoms with Gasteiger partial charge in [0.25, 0.3) is 5.56 Å². The van der Waals surface area contributed by atoms with E-state index < -0.39 is 0 Å². The van der Waals surface area contributed by atoms with Crippen LogP contribution in [0.2, 0.25) is 0 Å². The molecular formula is C27H31N7O2. The van der Waals surface area contributed by atoms with E-state index in [9.17, 15) is 4.79 Å². The van der Waals surface area contributed by atoms with Gasteiger partial charge in [0.05, 0.1) is 23.4 Å². The SMILES string of the molecule is COCCN1CCC(c2ccc(Nc3nc(-c4cc(C)nc(N)n4)cc4cc[nH]c(=O)c34)cc2)CC1. The number of rotatable bonds is 7. The zero-order valence-corrected chi connectivity index (χ0v) is 20.6. The zero-order valence-electron chi connectivity index (χ0n) is 20.6. The second kappa shape index (κ2) is 10.4. The molecule has 186 valence electrons. The van der Waals surface area contributed by atoms with Crippen LogP contribution in [0.3, 0.4) is 0 Å². The van der Waals surface area contributed by atoms with Crippen LogP contribution in [0.25, 0.3) is 22.2 Å². The summed E-state index contributed by atoms with van der Waals surface area (Å²) in [7, 11) is 1.75. The minimum absolute atomic E-state index is 0.187. The van der Waals surface area contributed by atoms with E-state index >= 15 is 0 Å². The molecule has 4 aromatic rings. The largest absolute Gasteiger partial charge is 0.383 e. The Morgan fingerprint density at radius 2 is 1.83 bits per heavy atom. The third-order valence-corrected chi connectivity index (χ3v) is 6.73. The third-order valence-electron chi connectivity index (χ3n) is 6.73. The van der Waals surface area contributed by atoms with Crippen molar-refractivity contribution in [3.05, 3.63) is 70.3 Å². The maximum absolute atomic E-state index is 12.7. The molecule has 1 saturated heterocycles. The summed E-state index contributed by atoms with van der Waals surface area (Å²) in [5.41, 5.74) is 9.84. The highest BCUT2D eigenvalue weighted by atomic mass is 16.5. The molecule has 0 spiro atoms. The van der Waals surface area contributed by atoms with Gasteiger partial charge in [-0.1, -0.05) is 12.1 Å². The van der Waals surface area contributed by atoms with Crippen LogP contribution in [0, 0.1) is 6.92 Å². The van der Waals surface area contributed by atoms with E-state index in [-0.39, 0.29) is 11.5 Å². The van der Waals surface area contributed by atoms with E-state index in [1.54, 1.807) is 13.3 Å². The van der Waals surface area contributed by atoms with Gasteiger partial charge in [-0.05, 0) is 80.1 Å². The van der Waals surface area contributed by atoms with Crippen molar-refractivity contribution in [1.82, 2.24) is 24.8 Å². The summed E-state index contributed by atoms with van der Waals surface area (Å²) in [6, 6.07) is 14.0. The first kappa shape index (κ1) is 23.9. The van der Waals surface area contributed by atoms with Crippen molar-refractivity contribution in [2.75, 3.05) is 44.4 Å².